The number of rotatable bonds is 12. The molecule has 194 valence electrons. The van der Waals surface area contributed by atoms with Gasteiger partial charge in [-0.15, -0.1) is 0 Å². The molecule has 2 heterocycles. The van der Waals surface area contributed by atoms with Crippen molar-refractivity contribution in [2.75, 3.05) is 53.7 Å². The van der Waals surface area contributed by atoms with Crippen LogP contribution in [0.4, 0.5) is 0 Å². The van der Waals surface area contributed by atoms with Crippen LogP contribution in [0.15, 0.2) is 42.6 Å². The molecule has 0 saturated carbocycles. The summed E-state index contributed by atoms with van der Waals surface area (Å²) in [6.45, 7) is 7.36. The summed E-state index contributed by atoms with van der Waals surface area (Å²) in [5.74, 6) is 1.25. The molecule has 4 rings (SSSR count). The summed E-state index contributed by atoms with van der Waals surface area (Å²) in [6.07, 6.45) is 4.41. The Balaban J connectivity index is 1.38. The quantitative estimate of drug-likeness (QED) is 0.366. The van der Waals surface area contributed by atoms with Gasteiger partial charge >= 0.3 is 5.97 Å². The molecule has 0 radical (unpaired) electrons. The van der Waals surface area contributed by atoms with E-state index in [-0.39, 0.29) is 5.56 Å². The maximum atomic E-state index is 11.5. The summed E-state index contributed by atoms with van der Waals surface area (Å²) in [5, 5.41) is 10.7. The number of methoxy groups -OCH3 is 2. The molecule has 2 aromatic carbocycles. The van der Waals surface area contributed by atoms with Gasteiger partial charge in [0.1, 0.15) is 29.4 Å². The number of ether oxygens (including phenoxy) is 4. The standard InChI is InChI=1S/C28H36N2O6/c1-4-35-15-14-30-19-25(24-17-21(33-2)6-8-26(24)30)20-9-11-29(12-10-20)13-16-36-27-18-22(34-3)5-7-23(27)28(31)32/h5-8,17-20H,4,9-16H2,1-3H3,(H,31,32). The Kier molecular flexibility index (Phi) is 8.72. The van der Waals surface area contributed by atoms with Gasteiger partial charge in [-0.2, -0.15) is 0 Å². The molecule has 3 aromatic rings. The molecule has 0 amide bonds. The van der Waals surface area contributed by atoms with Gasteiger partial charge in [-0.05, 0) is 74.7 Å². The van der Waals surface area contributed by atoms with Gasteiger partial charge in [0, 0.05) is 42.9 Å². The molecule has 36 heavy (non-hydrogen) atoms. The molecule has 0 atom stereocenters. The van der Waals surface area contributed by atoms with E-state index < -0.39 is 5.97 Å². The van der Waals surface area contributed by atoms with E-state index in [0.29, 0.717) is 30.6 Å². The highest BCUT2D eigenvalue weighted by molar-refractivity contribution is 5.91. The van der Waals surface area contributed by atoms with E-state index in [4.69, 9.17) is 18.9 Å². The molecule has 8 heteroatoms. The van der Waals surface area contributed by atoms with Crippen LogP contribution in [-0.2, 0) is 11.3 Å². The number of piperidine rings is 1. The highest BCUT2D eigenvalue weighted by atomic mass is 16.5. The molecule has 1 N–H and O–H groups in total. The lowest BCUT2D eigenvalue weighted by Gasteiger charge is -2.31. The molecule has 0 bridgehead atoms. The third-order valence-electron chi connectivity index (χ3n) is 6.91. The molecule has 0 aliphatic carbocycles. The summed E-state index contributed by atoms with van der Waals surface area (Å²) in [6, 6.07) is 11.1. The van der Waals surface area contributed by atoms with Crippen LogP contribution in [0, 0.1) is 0 Å². The normalized spacial score (nSPS) is 14.8. The molecule has 1 aliphatic heterocycles. The second kappa shape index (κ2) is 12.1. The summed E-state index contributed by atoms with van der Waals surface area (Å²) in [4.78, 5) is 13.9. The Morgan fingerprint density at radius 3 is 2.42 bits per heavy atom. The molecule has 0 spiro atoms. The molecule has 8 nitrogen and oxygen atoms in total. The van der Waals surface area contributed by atoms with Gasteiger partial charge in [-0.1, -0.05) is 0 Å². The van der Waals surface area contributed by atoms with Crippen LogP contribution in [0.5, 0.6) is 17.2 Å². The highest BCUT2D eigenvalue weighted by Gasteiger charge is 2.24. The second-order valence-corrected chi connectivity index (χ2v) is 8.99. The van der Waals surface area contributed by atoms with Crippen molar-refractivity contribution < 1.29 is 28.8 Å². The first kappa shape index (κ1) is 25.9. The van der Waals surface area contributed by atoms with Gasteiger partial charge in [0.2, 0.25) is 0 Å². The van der Waals surface area contributed by atoms with E-state index in [0.717, 1.165) is 51.4 Å². The van der Waals surface area contributed by atoms with E-state index in [1.807, 2.05) is 13.0 Å². The van der Waals surface area contributed by atoms with Crippen molar-refractivity contribution in [3.63, 3.8) is 0 Å². The monoisotopic (exact) mass is 496 g/mol. The number of carbonyl (C=O) groups is 1. The zero-order chi connectivity index (χ0) is 25.5. The van der Waals surface area contributed by atoms with Crippen molar-refractivity contribution in [1.29, 1.82) is 0 Å². The minimum absolute atomic E-state index is 0.144. The number of hydrogen-bond donors (Lipinski definition) is 1. The van der Waals surface area contributed by atoms with Crippen LogP contribution in [-0.4, -0.2) is 74.2 Å². The van der Waals surface area contributed by atoms with E-state index in [1.165, 1.54) is 22.5 Å². The minimum Gasteiger partial charge on any atom is -0.497 e. The van der Waals surface area contributed by atoms with Crippen molar-refractivity contribution in [3.05, 3.63) is 53.7 Å². The van der Waals surface area contributed by atoms with Gasteiger partial charge in [-0.3, -0.25) is 4.90 Å². The van der Waals surface area contributed by atoms with Gasteiger partial charge in [0.05, 0.1) is 20.8 Å². The first-order chi connectivity index (χ1) is 17.5. The van der Waals surface area contributed by atoms with Crippen LogP contribution in [0.2, 0.25) is 0 Å². The van der Waals surface area contributed by atoms with Crippen molar-refractivity contribution in [2.45, 2.75) is 32.2 Å². The molecule has 1 saturated heterocycles. The number of benzene rings is 2. The molecule has 1 aromatic heterocycles. The van der Waals surface area contributed by atoms with Crippen LogP contribution in [0.25, 0.3) is 10.9 Å². The number of carboxylic acid groups (broad SMARTS) is 1. The molecule has 1 aliphatic rings. The lowest BCUT2D eigenvalue weighted by molar-refractivity contribution is 0.0691. The van der Waals surface area contributed by atoms with Crippen LogP contribution >= 0.6 is 0 Å². The van der Waals surface area contributed by atoms with Crippen molar-refractivity contribution in [2.24, 2.45) is 0 Å². The molecule has 1 fully saturated rings. The van der Waals surface area contributed by atoms with Crippen molar-refractivity contribution in [1.82, 2.24) is 9.47 Å². The third kappa shape index (κ3) is 5.94. The number of carboxylic acids is 1. The number of aromatic nitrogens is 1. The smallest absolute Gasteiger partial charge is 0.339 e. The number of fused-ring (bicyclic) bond motifs is 1. The Labute approximate surface area is 212 Å². The average molecular weight is 497 g/mol. The van der Waals surface area contributed by atoms with E-state index in [1.54, 1.807) is 26.4 Å². The van der Waals surface area contributed by atoms with E-state index in [2.05, 4.69) is 27.8 Å². The summed E-state index contributed by atoms with van der Waals surface area (Å²) in [7, 11) is 3.26. The zero-order valence-corrected chi connectivity index (χ0v) is 21.4. The maximum Gasteiger partial charge on any atom is 0.339 e. The molecular weight excluding hydrogens is 460 g/mol. The fraction of sp³-hybridized carbons (Fsp3) is 0.464. The Hall–Kier alpha value is -3.23. The Bertz CT molecular complexity index is 1170. The molecule has 0 unspecified atom stereocenters. The predicted octanol–water partition coefficient (Wildman–Crippen LogP) is 4.65. The SMILES string of the molecule is CCOCCn1cc(C2CCN(CCOc3cc(OC)ccc3C(=O)O)CC2)c2cc(OC)ccc21. The van der Waals surface area contributed by atoms with Crippen molar-refractivity contribution >= 4 is 16.9 Å². The Morgan fingerprint density at radius 1 is 1.00 bits per heavy atom. The largest absolute Gasteiger partial charge is 0.497 e. The van der Waals surface area contributed by atoms with Gasteiger partial charge in [0.25, 0.3) is 0 Å². The van der Waals surface area contributed by atoms with Crippen molar-refractivity contribution in [3.8, 4) is 17.2 Å². The fourth-order valence-corrected chi connectivity index (χ4v) is 4.93. The highest BCUT2D eigenvalue weighted by Crippen LogP contribution is 2.36. The maximum absolute atomic E-state index is 11.5. The summed E-state index contributed by atoms with van der Waals surface area (Å²) in [5.41, 5.74) is 2.73. The first-order valence-corrected chi connectivity index (χ1v) is 12.5. The number of aromatic carboxylic acids is 1. The Morgan fingerprint density at radius 2 is 1.72 bits per heavy atom. The van der Waals surface area contributed by atoms with E-state index in [9.17, 15) is 9.90 Å². The minimum atomic E-state index is -1.01. The number of nitrogens with zero attached hydrogens (tertiary/aromatic N) is 2. The fourth-order valence-electron chi connectivity index (χ4n) is 4.93. The lowest BCUT2D eigenvalue weighted by Crippen LogP contribution is -2.35. The van der Waals surface area contributed by atoms with Gasteiger partial charge in [-0.25, -0.2) is 4.79 Å². The van der Waals surface area contributed by atoms with Gasteiger partial charge < -0.3 is 28.6 Å². The van der Waals surface area contributed by atoms with Gasteiger partial charge in [0.15, 0.2) is 0 Å². The predicted molar refractivity (Wildman–Crippen MR) is 139 cm³/mol. The third-order valence-corrected chi connectivity index (χ3v) is 6.91. The summed E-state index contributed by atoms with van der Waals surface area (Å²) < 4.78 is 24.5. The zero-order valence-electron chi connectivity index (χ0n) is 21.4. The lowest BCUT2D eigenvalue weighted by atomic mass is 9.89. The van der Waals surface area contributed by atoms with E-state index >= 15 is 0 Å². The average Bonchev–Trinajstić information content (AvgIpc) is 3.26. The first-order valence-electron chi connectivity index (χ1n) is 12.5. The van der Waals surface area contributed by atoms with Crippen LogP contribution in [0.1, 0.15) is 41.6 Å². The van der Waals surface area contributed by atoms with Crippen LogP contribution < -0.4 is 14.2 Å². The molecular formula is C28H36N2O6. The summed E-state index contributed by atoms with van der Waals surface area (Å²) >= 11 is 0. The van der Waals surface area contributed by atoms with Crippen LogP contribution in [0.3, 0.4) is 0 Å². The topological polar surface area (TPSA) is 82.4 Å². The number of likely N-dealkylation sites (tertiary alicyclic amines) is 1. The number of hydrogen-bond acceptors (Lipinski definition) is 6. The second-order valence-electron chi connectivity index (χ2n) is 8.99.